The summed E-state index contributed by atoms with van der Waals surface area (Å²) in [5.74, 6) is 0. The Morgan fingerprint density at radius 1 is 1.15 bits per heavy atom. The lowest BCUT2D eigenvalue weighted by molar-refractivity contribution is 0.427. The van der Waals surface area contributed by atoms with Gasteiger partial charge in [-0.1, -0.05) is 17.7 Å². The molecule has 0 aromatic heterocycles. The molecule has 0 unspecified atom stereocenters. The van der Waals surface area contributed by atoms with Gasteiger partial charge in [-0.05, 0) is 50.8 Å². The molecule has 0 fully saturated rings. The number of aryl methyl sites for hydroxylation is 2. The van der Waals surface area contributed by atoms with Gasteiger partial charge in [0.05, 0.1) is 4.90 Å². The van der Waals surface area contributed by atoms with Gasteiger partial charge in [-0.15, -0.1) is 0 Å². The molecule has 0 saturated heterocycles. The lowest BCUT2D eigenvalue weighted by Crippen LogP contribution is -2.36. The summed E-state index contributed by atoms with van der Waals surface area (Å²) >= 11 is 0. The molecule has 0 saturated carbocycles. The third-order valence-electron chi connectivity index (χ3n) is 3.86. The fourth-order valence-corrected chi connectivity index (χ4v) is 4.73. The molecule has 0 radical (unpaired) electrons. The minimum absolute atomic E-state index is 0.371. The van der Waals surface area contributed by atoms with E-state index in [4.69, 9.17) is 5.73 Å². The Labute approximate surface area is 121 Å². The van der Waals surface area contributed by atoms with Crippen molar-refractivity contribution in [3.63, 3.8) is 0 Å². The van der Waals surface area contributed by atoms with Crippen molar-refractivity contribution in [2.24, 2.45) is 0 Å². The van der Waals surface area contributed by atoms with Crippen LogP contribution in [0.5, 0.6) is 0 Å². The van der Waals surface area contributed by atoms with Gasteiger partial charge < -0.3 is 5.73 Å². The molecular weight excluding hydrogens is 272 g/mol. The Hall–Kier alpha value is -1.33. The minimum Gasteiger partial charge on any atom is -0.398 e. The Morgan fingerprint density at radius 3 is 2.40 bits per heavy atom. The zero-order chi connectivity index (χ0) is 15.1. The average molecular weight is 294 g/mol. The van der Waals surface area contributed by atoms with Gasteiger partial charge in [0.2, 0.25) is 10.0 Å². The maximum atomic E-state index is 12.9. The van der Waals surface area contributed by atoms with E-state index < -0.39 is 10.0 Å². The van der Waals surface area contributed by atoms with Crippen LogP contribution in [-0.4, -0.2) is 25.8 Å². The first-order valence-corrected chi connectivity index (χ1v) is 8.21. The Morgan fingerprint density at radius 2 is 1.80 bits per heavy atom. The van der Waals surface area contributed by atoms with Gasteiger partial charge in [0.15, 0.2) is 0 Å². The van der Waals surface area contributed by atoms with Gasteiger partial charge in [-0.2, -0.15) is 4.31 Å². The smallest absolute Gasteiger partial charge is 0.243 e. The van der Waals surface area contributed by atoms with E-state index >= 15 is 0 Å². The highest BCUT2D eigenvalue weighted by molar-refractivity contribution is 7.89. The molecular formula is C15H22N2O2S. The van der Waals surface area contributed by atoms with E-state index in [1.807, 2.05) is 26.8 Å². The summed E-state index contributed by atoms with van der Waals surface area (Å²) < 4.78 is 27.3. The van der Waals surface area contributed by atoms with Crippen molar-refractivity contribution in [3.05, 3.63) is 34.4 Å². The second-order valence-corrected chi connectivity index (χ2v) is 7.43. The van der Waals surface area contributed by atoms with Crippen molar-refractivity contribution in [2.45, 2.75) is 39.0 Å². The van der Waals surface area contributed by atoms with Gasteiger partial charge in [0.1, 0.15) is 0 Å². The van der Waals surface area contributed by atoms with E-state index in [0.717, 1.165) is 23.1 Å². The van der Waals surface area contributed by atoms with Crippen molar-refractivity contribution in [1.82, 2.24) is 4.31 Å². The molecule has 1 aromatic rings. The summed E-state index contributed by atoms with van der Waals surface area (Å²) in [5, 5.41) is 0. The monoisotopic (exact) mass is 294 g/mol. The van der Waals surface area contributed by atoms with Crippen molar-refractivity contribution < 1.29 is 8.42 Å². The number of nitrogen functional groups attached to an aromatic ring is 1. The summed E-state index contributed by atoms with van der Waals surface area (Å²) in [4.78, 5) is 0.371. The van der Waals surface area contributed by atoms with Gasteiger partial charge in [0, 0.05) is 18.8 Å². The molecule has 0 bridgehead atoms. The zero-order valence-electron chi connectivity index (χ0n) is 12.5. The normalized spacial score (nSPS) is 17.1. The third kappa shape index (κ3) is 2.47. The van der Waals surface area contributed by atoms with Crippen molar-refractivity contribution >= 4 is 15.7 Å². The molecule has 1 heterocycles. The van der Waals surface area contributed by atoms with E-state index in [-0.39, 0.29) is 0 Å². The maximum absolute atomic E-state index is 12.9. The van der Waals surface area contributed by atoms with E-state index in [1.165, 1.54) is 0 Å². The number of nitrogens with zero attached hydrogens (tertiary/aromatic N) is 1. The zero-order valence-corrected chi connectivity index (χ0v) is 13.3. The van der Waals surface area contributed by atoms with Gasteiger partial charge in [-0.3, -0.25) is 0 Å². The number of anilines is 1. The van der Waals surface area contributed by atoms with E-state index in [1.54, 1.807) is 11.2 Å². The highest BCUT2D eigenvalue weighted by atomic mass is 32.2. The number of hydrogen-bond donors (Lipinski definition) is 1. The van der Waals surface area contributed by atoms with Crippen LogP contribution in [-0.2, 0) is 10.0 Å². The fourth-order valence-electron chi connectivity index (χ4n) is 2.79. The minimum atomic E-state index is -3.48. The first-order chi connectivity index (χ1) is 9.25. The van der Waals surface area contributed by atoms with Crippen LogP contribution in [0.4, 0.5) is 5.69 Å². The summed E-state index contributed by atoms with van der Waals surface area (Å²) in [6.07, 6.45) is 2.86. The molecule has 0 amide bonds. The first kappa shape index (κ1) is 15.1. The highest BCUT2D eigenvalue weighted by Gasteiger charge is 2.29. The van der Waals surface area contributed by atoms with Crippen LogP contribution in [0.1, 0.15) is 30.0 Å². The van der Waals surface area contributed by atoms with Gasteiger partial charge in [-0.25, -0.2) is 8.42 Å². The van der Waals surface area contributed by atoms with Crippen molar-refractivity contribution in [1.29, 1.82) is 0 Å². The van der Waals surface area contributed by atoms with Crippen LogP contribution in [0.3, 0.4) is 0 Å². The molecule has 2 rings (SSSR count). The van der Waals surface area contributed by atoms with Crippen molar-refractivity contribution in [2.75, 3.05) is 18.8 Å². The molecule has 1 aliphatic heterocycles. The topological polar surface area (TPSA) is 63.4 Å². The van der Waals surface area contributed by atoms with Crippen molar-refractivity contribution in [3.8, 4) is 0 Å². The molecule has 4 nitrogen and oxygen atoms in total. The molecule has 1 aromatic carbocycles. The molecule has 2 N–H and O–H groups in total. The largest absolute Gasteiger partial charge is 0.398 e. The Kier molecular flexibility index (Phi) is 3.93. The average Bonchev–Trinajstić information content (AvgIpc) is 2.36. The number of rotatable bonds is 2. The van der Waals surface area contributed by atoms with Crippen LogP contribution < -0.4 is 5.73 Å². The predicted octanol–water partition coefficient (Wildman–Crippen LogP) is 2.53. The summed E-state index contributed by atoms with van der Waals surface area (Å²) in [5.41, 5.74) is 10.0. The number of sulfonamides is 1. The molecule has 1 aliphatic rings. The second-order valence-electron chi connectivity index (χ2n) is 5.56. The molecule has 110 valence electrons. The number of nitrogens with two attached hydrogens (primary N) is 1. The van der Waals surface area contributed by atoms with Gasteiger partial charge >= 0.3 is 0 Å². The van der Waals surface area contributed by atoms with Crippen LogP contribution in [0, 0.1) is 20.8 Å². The van der Waals surface area contributed by atoms with Crippen LogP contribution in [0.25, 0.3) is 0 Å². The summed E-state index contributed by atoms with van der Waals surface area (Å²) in [6, 6.07) is 1.85. The third-order valence-corrected chi connectivity index (χ3v) is 5.99. The molecule has 0 atom stereocenters. The van der Waals surface area contributed by atoms with Crippen LogP contribution in [0.15, 0.2) is 22.6 Å². The van der Waals surface area contributed by atoms with Crippen LogP contribution >= 0.6 is 0 Å². The molecule has 0 aliphatic carbocycles. The first-order valence-electron chi connectivity index (χ1n) is 6.77. The summed E-state index contributed by atoms with van der Waals surface area (Å²) in [7, 11) is -3.48. The predicted molar refractivity (Wildman–Crippen MR) is 82.2 cm³/mol. The fraction of sp³-hybridized carbons (Fsp3) is 0.467. The lowest BCUT2D eigenvalue weighted by Gasteiger charge is -2.27. The standard InChI is InChI=1S/C15H22N2O2S/c1-10-6-5-7-17(9-10)20(18,19)15-12(3)8-11(2)14(16)13(15)4/h6,8H,5,7,9,16H2,1-4H3. The van der Waals surface area contributed by atoms with E-state index in [9.17, 15) is 8.42 Å². The van der Waals surface area contributed by atoms with Gasteiger partial charge in [0.25, 0.3) is 0 Å². The Bertz CT molecular complexity index is 676. The quantitative estimate of drug-likeness (QED) is 0.673. The van der Waals surface area contributed by atoms with E-state index in [2.05, 4.69) is 6.08 Å². The molecule has 20 heavy (non-hydrogen) atoms. The molecule has 5 heteroatoms. The molecule has 0 spiro atoms. The maximum Gasteiger partial charge on any atom is 0.243 e. The number of benzene rings is 1. The van der Waals surface area contributed by atoms with E-state index in [0.29, 0.717) is 29.2 Å². The lowest BCUT2D eigenvalue weighted by atomic mass is 10.1. The second kappa shape index (κ2) is 5.22. The SMILES string of the molecule is CC1=CCCN(S(=O)(=O)c2c(C)cc(C)c(N)c2C)C1. The number of hydrogen-bond acceptors (Lipinski definition) is 3. The highest BCUT2D eigenvalue weighted by Crippen LogP contribution is 2.31. The summed E-state index contributed by atoms with van der Waals surface area (Å²) in [6.45, 7) is 8.49. The van der Waals surface area contributed by atoms with Crippen LogP contribution in [0.2, 0.25) is 0 Å². The Balaban J connectivity index is 2.56.